The second-order valence-electron chi connectivity index (χ2n) is 9.75. The van der Waals surface area contributed by atoms with Crippen molar-refractivity contribution in [2.24, 2.45) is 17.8 Å². The summed E-state index contributed by atoms with van der Waals surface area (Å²) >= 11 is 0. The average molecular weight is 495 g/mol. The Labute approximate surface area is 212 Å². The zero-order chi connectivity index (χ0) is 26.0. The largest absolute Gasteiger partial charge is 0.425 e. The van der Waals surface area contributed by atoms with E-state index < -0.39 is 46.4 Å². The zero-order valence-electron chi connectivity index (χ0n) is 20.1. The van der Waals surface area contributed by atoms with Gasteiger partial charge in [-0.15, -0.1) is 0 Å². The minimum Gasteiger partial charge on any atom is -0.425 e. The molecule has 184 valence electrons. The number of fused-ring (bicyclic) bond motifs is 5. The smallest absolute Gasteiger partial charge is 0.319 e. The zero-order valence-corrected chi connectivity index (χ0v) is 20.1. The molecule has 0 aromatic heterocycles. The number of esters is 1. The third kappa shape index (κ3) is 3.40. The van der Waals surface area contributed by atoms with Crippen molar-refractivity contribution in [3.63, 3.8) is 0 Å². The number of allylic oxidation sites excluding steroid dienone is 1. The maximum absolute atomic E-state index is 14.0. The summed E-state index contributed by atoms with van der Waals surface area (Å²) in [6.07, 6.45) is 1.92. The number of nitro groups is 1. The van der Waals surface area contributed by atoms with Crippen molar-refractivity contribution in [2.75, 3.05) is 4.90 Å². The van der Waals surface area contributed by atoms with Gasteiger partial charge in [0.2, 0.25) is 11.8 Å². The van der Waals surface area contributed by atoms with Crippen LogP contribution in [0, 0.1) is 41.7 Å². The fraction of sp³-hybridized carbons (Fsp3) is 0.207. The van der Waals surface area contributed by atoms with Crippen LogP contribution in [-0.2, 0) is 14.4 Å². The first-order chi connectivity index (χ1) is 17.8. The van der Waals surface area contributed by atoms with Gasteiger partial charge in [-0.3, -0.25) is 24.5 Å². The highest BCUT2D eigenvalue weighted by Crippen LogP contribution is 2.55. The molecule has 0 radical (unpaired) electrons. The fourth-order valence-electron chi connectivity index (χ4n) is 5.86. The Morgan fingerprint density at radius 1 is 0.892 bits per heavy atom. The Bertz CT molecular complexity index is 1540. The predicted octanol–water partition coefficient (Wildman–Crippen LogP) is 4.73. The van der Waals surface area contributed by atoms with E-state index in [0.717, 1.165) is 21.6 Å². The number of non-ortho nitro benzene ring substituents is 1. The van der Waals surface area contributed by atoms with Crippen LogP contribution < -0.4 is 9.64 Å². The van der Waals surface area contributed by atoms with Crippen LogP contribution in [0.25, 0.3) is 5.57 Å². The van der Waals surface area contributed by atoms with Crippen LogP contribution >= 0.6 is 0 Å². The molecule has 2 amide bonds. The van der Waals surface area contributed by atoms with E-state index in [2.05, 4.69) is 0 Å². The van der Waals surface area contributed by atoms with Crippen molar-refractivity contribution in [1.29, 1.82) is 0 Å². The quantitative estimate of drug-likeness (QED) is 0.171. The number of anilines is 1. The van der Waals surface area contributed by atoms with Crippen LogP contribution in [0.3, 0.4) is 0 Å². The minimum absolute atomic E-state index is 0.159. The van der Waals surface area contributed by atoms with E-state index in [1.54, 1.807) is 13.0 Å². The lowest BCUT2D eigenvalue weighted by molar-refractivity contribution is -0.384. The summed E-state index contributed by atoms with van der Waals surface area (Å²) in [5.74, 6) is -4.47. The fourth-order valence-corrected chi connectivity index (χ4v) is 5.86. The van der Waals surface area contributed by atoms with Crippen LogP contribution in [0.5, 0.6) is 5.75 Å². The number of carbonyl (C=O) groups excluding carboxylic acids is 3. The number of imide groups is 1. The summed E-state index contributed by atoms with van der Waals surface area (Å²) in [6, 6.07) is 19.1. The molecule has 1 aliphatic carbocycles. The van der Waals surface area contributed by atoms with Gasteiger partial charge in [-0.2, -0.15) is 0 Å². The first-order valence-electron chi connectivity index (χ1n) is 12.0. The maximum atomic E-state index is 14.0. The summed E-state index contributed by atoms with van der Waals surface area (Å²) in [5, 5.41) is 11.4. The molecule has 4 atom stereocenters. The number of benzene rings is 3. The molecule has 2 aliphatic heterocycles. The highest BCUT2D eigenvalue weighted by molar-refractivity contribution is 6.25. The molecule has 1 fully saturated rings. The number of rotatable bonds is 3. The monoisotopic (exact) mass is 494 g/mol. The van der Waals surface area contributed by atoms with E-state index in [4.69, 9.17) is 4.74 Å². The molecule has 2 heterocycles. The number of hydrogen-bond donors (Lipinski definition) is 0. The Morgan fingerprint density at radius 2 is 1.62 bits per heavy atom. The van der Waals surface area contributed by atoms with Gasteiger partial charge in [0.05, 0.1) is 28.4 Å². The molecule has 1 saturated heterocycles. The van der Waals surface area contributed by atoms with Crippen LogP contribution in [0.2, 0.25) is 0 Å². The lowest BCUT2D eigenvalue weighted by Gasteiger charge is -2.38. The molecule has 3 aliphatic rings. The van der Waals surface area contributed by atoms with Gasteiger partial charge in [0.15, 0.2) is 0 Å². The molecule has 37 heavy (non-hydrogen) atoms. The average Bonchev–Trinajstić information content (AvgIpc) is 3.14. The van der Waals surface area contributed by atoms with Crippen LogP contribution in [0.15, 0.2) is 72.8 Å². The van der Waals surface area contributed by atoms with E-state index in [1.165, 1.54) is 18.2 Å². The van der Waals surface area contributed by atoms with Crippen molar-refractivity contribution >= 4 is 34.7 Å². The third-order valence-electron chi connectivity index (χ3n) is 7.58. The molecule has 8 nitrogen and oxygen atoms in total. The molecule has 0 unspecified atom stereocenters. The summed E-state index contributed by atoms with van der Waals surface area (Å²) in [7, 11) is 0. The Kier molecular flexibility index (Phi) is 5.08. The van der Waals surface area contributed by atoms with E-state index in [-0.39, 0.29) is 11.4 Å². The van der Waals surface area contributed by atoms with Gasteiger partial charge in [-0.1, -0.05) is 54.6 Å². The molecular weight excluding hydrogens is 472 g/mol. The Hall–Kier alpha value is -4.59. The summed E-state index contributed by atoms with van der Waals surface area (Å²) in [5.41, 5.74) is 3.64. The second-order valence-corrected chi connectivity index (χ2v) is 9.75. The number of nitrogens with zero attached hydrogens (tertiary/aromatic N) is 2. The van der Waals surface area contributed by atoms with Crippen molar-refractivity contribution in [3.05, 3.63) is 105 Å². The number of carbonyl (C=O) groups is 3. The van der Waals surface area contributed by atoms with Crippen molar-refractivity contribution in [2.45, 2.75) is 19.8 Å². The normalized spacial score (nSPS) is 24.1. The molecule has 0 spiro atoms. The minimum atomic E-state index is -1.00. The highest BCUT2D eigenvalue weighted by atomic mass is 16.6. The van der Waals surface area contributed by atoms with E-state index >= 15 is 0 Å². The Balaban J connectivity index is 1.55. The highest BCUT2D eigenvalue weighted by Gasteiger charge is 2.60. The van der Waals surface area contributed by atoms with Crippen molar-refractivity contribution < 1.29 is 24.0 Å². The number of hydrogen-bond acceptors (Lipinski definition) is 6. The molecular formula is C29H22N2O6. The number of ether oxygens (including phenoxy) is 1. The van der Waals surface area contributed by atoms with Crippen LogP contribution in [0.4, 0.5) is 11.4 Å². The summed E-state index contributed by atoms with van der Waals surface area (Å²) in [6.45, 7) is 3.59. The van der Waals surface area contributed by atoms with Gasteiger partial charge in [0, 0.05) is 23.6 Å². The number of nitro benzene ring substituents is 1. The van der Waals surface area contributed by atoms with E-state index in [0.29, 0.717) is 16.9 Å². The van der Waals surface area contributed by atoms with E-state index in [9.17, 15) is 24.5 Å². The standard InChI is InChI=1S/C29H22N2O6/c1-15-8-11-19-21-14-20(17-6-4-3-5-7-17)24-26(25(21)29(34)37-23(19)12-15)28(33)30(27(24)32)22-13-18(31(35)36)10-9-16(22)2/h3-14,20,24-26H,1-2H3/t20-,24-,25-,26+/m1/s1. The van der Waals surface area contributed by atoms with E-state index in [1.807, 2.05) is 55.5 Å². The lowest BCUT2D eigenvalue weighted by Crippen LogP contribution is -2.42. The van der Waals surface area contributed by atoms with Crippen molar-refractivity contribution in [1.82, 2.24) is 0 Å². The van der Waals surface area contributed by atoms with Gasteiger partial charge >= 0.3 is 5.97 Å². The molecule has 3 aromatic carbocycles. The van der Waals surface area contributed by atoms with Gasteiger partial charge < -0.3 is 4.74 Å². The first-order valence-corrected chi connectivity index (χ1v) is 12.0. The summed E-state index contributed by atoms with van der Waals surface area (Å²) in [4.78, 5) is 53.3. The van der Waals surface area contributed by atoms with Gasteiger partial charge in [0.1, 0.15) is 5.75 Å². The molecule has 6 rings (SSSR count). The Morgan fingerprint density at radius 3 is 2.35 bits per heavy atom. The molecule has 3 aromatic rings. The van der Waals surface area contributed by atoms with Gasteiger partial charge in [0.25, 0.3) is 5.69 Å². The molecule has 0 N–H and O–H groups in total. The first kappa shape index (κ1) is 22.8. The molecule has 0 bridgehead atoms. The molecule has 8 heteroatoms. The topological polar surface area (TPSA) is 107 Å². The lowest BCUT2D eigenvalue weighted by atomic mass is 9.64. The van der Waals surface area contributed by atoms with Crippen LogP contribution in [-0.4, -0.2) is 22.7 Å². The SMILES string of the molecule is Cc1ccc2c(c1)OC(=O)[C@@H]1C2=C[C@H](c2ccccc2)[C@H]2C(=O)N(c3cc([N+](=O)[O-])ccc3C)C(=O)[C@H]12. The molecule has 0 saturated carbocycles. The maximum Gasteiger partial charge on any atom is 0.319 e. The van der Waals surface area contributed by atoms with Gasteiger partial charge in [-0.25, -0.2) is 4.90 Å². The second kappa shape index (κ2) is 8.23. The third-order valence-corrected chi connectivity index (χ3v) is 7.58. The number of aryl methyl sites for hydroxylation is 2. The summed E-state index contributed by atoms with van der Waals surface area (Å²) < 4.78 is 5.68. The van der Waals surface area contributed by atoms with Crippen molar-refractivity contribution in [3.8, 4) is 5.75 Å². The predicted molar refractivity (Wildman–Crippen MR) is 135 cm³/mol. The van der Waals surface area contributed by atoms with Crippen LogP contribution in [0.1, 0.15) is 28.2 Å². The van der Waals surface area contributed by atoms with Gasteiger partial charge in [-0.05, 0) is 42.2 Å². The number of amides is 2.